The number of nitrogens with zero attached hydrogens (tertiary/aromatic N) is 2. The van der Waals surface area contributed by atoms with E-state index in [-0.39, 0.29) is 25.9 Å². The molecular formula is C12H20F2N2O5. The van der Waals surface area contributed by atoms with E-state index in [2.05, 4.69) is 0 Å². The number of ether oxygens (including phenoxy) is 1. The fraction of sp³-hybridized carbons (Fsp3) is 0.833. The van der Waals surface area contributed by atoms with Gasteiger partial charge in [0, 0.05) is 19.6 Å². The Balaban J connectivity index is 2.43. The lowest BCUT2D eigenvalue weighted by Crippen LogP contribution is -2.50. The second-order valence-corrected chi connectivity index (χ2v) is 4.73. The molecule has 0 atom stereocenters. The van der Waals surface area contributed by atoms with Crippen LogP contribution in [-0.2, 0) is 9.53 Å². The smallest absolute Gasteiger partial charge is 0.329 e. The maximum Gasteiger partial charge on any atom is 0.329 e. The van der Waals surface area contributed by atoms with Gasteiger partial charge >= 0.3 is 12.0 Å². The highest BCUT2D eigenvalue weighted by molar-refractivity contribution is 5.74. The minimum Gasteiger partial charge on any atom is -0.480 e. The molecule has 0 unspecified atom stereocenters. The Labute approximate surface area is 121 Å². The number of carbonyl (C=O) groups is 2. The highest BCUT2D eigenvalue weighted by Crippen LogP contribution is 2.15. The van der Waals surface area contributed by atoms with E-state index in [0.717, 1.165) is 4.90 Å². The number of hydrogen-bond donors (Lipinski definition) is 2. The van der Waals surface area contributed by atoms with Crippen molar-refractivity contribution in [1.29, 1.82) is 0 Å². The van der Waals surface area contributed by atoms with Crippen LogP contribution in [0, 0.1) is 0 Å². The molecule has 2 amide bonds. The zero-order valence-corrected chi connectivity index (χ0v) is 11.6. The number of aliphatic hydroxyl groups is 1. The van der Waals surface area contributed by atoms with Gasteiger partial charge < -0.3 is 24.7 Å². The summed E-state index contributed by atoms with van der Waals surface area (Å²) in [7, 11) is 0. The van der Waals surface area contributed by atoms with Gasteiger partial charge in [0.15, 0.2) is 0 Å². The summed E-state index contributed by atoms with van der Waals surface area (Å²) < 4.78 is 29.9. The summed E-state index contributed by atoms with van der Waals surface area (Å²) in [6.07, 6.45) is -1.98. The number of rotatable bonds is 7. The number of halogens is 2. The summed E-state index contributed by atoms with van der Waals surface area (Å²) in [4.78, 5) is 24.8. The maximum absolute atomic E-state index is 12.4. The molecule has 0 radical (unpaired) electrons. The summed E-state index contributed by atoms with van der Waals surface area (Å²) >= 11 is 0. The van der Waals surface area contributed by atoms with E-state index >= 15 is 0 Å². The number of hydrogen-bond acceptors (Lipinski definition) is 4. The predicted octanol–water partition coefficient (Wildman–Crippen LogP) is 0.231. The van der Waals surface area contributed by atoms with Crippen LogP contribution in [0.15, 0.2) is 0 Å². The van der Waals surface area contributed by atoms with Crippen LogP contribution in [0.25, 0.3) is 0 Å². The molecule has 0 aromatic heterocycles. The van der Waals surface area contributed by atoms with Gasteiger partial charge in [0.1, 0.15) is 6.61 Å². The molecule has 0 aromatic rings. The molecule has 1 saturated heterocycles. The second-order valence-electron chi connectivity index (χ2n) is 4.73. The van der Waals surface area contributed by atoms with Crippen molar-refractivity contribution in [3.05, 3.63) is 0 Å². The van der Waals surface area contributed by atoms with E-state index in [1.165, 1.54) is 4.90 Å². The minimum atomic E-state index is -2.66. The standard InChI is InChI=1S/C12H20F2N2O5/c13-10(14)7-16(5-6-17)12(20)15-3-1-9(2-4-15)21-8-11(18)19/h9-10,17H,1-8H2,(H,18,19). The van der Waals surface area contributed by atoms with Gasteiger partial charge in [0.2, 0.25) is 0 Å². The first-order valence-electron chi connectivity index (χ1n) is 6.70. The summed E-state index contributed by atoms with van der Waals surface area (Å²) in [6.45, 7) is -0.993. The molecule has 1 heterocycles. The number of alkyl halides is 2. The number of aliphatic carboxylic acids is 1. The van der Waals surface area contributed by atoms with Crippen molar-refractivity contribution >= 4 is 12.0 Å². The monoisotopic (exact) mass is 310 g/mol. The highest BCUT2D eigenvalue weighted by Gasteiger charge is 2.28. The molecule has 1 aliphatic rings. The number of likely N-dealkylation sites (tertiary alicyclic amines) is 1. The van der Waals surface area contributed by atoms with Gasteiger partial charge in [-0.25, -0.2) is 18.4 Å². The summed E-state index contributed by atoms with van der Waals surface area (Å²) in [5.74, 6) is -1.06. The van der Waals surface area contributed by atoms with E-state index in [0.29, 0.717) is 25.9 Å². The van der Waals surface area contributed by atoms with Crippen molar-refractivity contribution in [2.45, 2.75) is 25.4 Å². The topological polar surface area (TPSA) is 90.3 Å². The second kappa shape index (κ2) is 8.73. The van der Waals surface area contributed by atoms with E-state index in [4.69, 9.17) is 14.9 Å². The molecule has 1 rings (SSSR count). The Morgan fingerprint density at radius 3 is 2.43 bits per heavy atom. The van der Waals surface area contributed by atoms with Crippen molar-refractivity contribution in [3.63, 3.8) is 0 Å². The average molecular weight is 310 g/mol. The first-order chi connectivity index (χ1) is 9.93. The maximum atomic E-state index is 12.4. The largest absolute Gasteiger partial charge is 0.480 e. The van der Waals surface area contributed by atoms with Crippen LogP contribution in [0.4, 0.5) is 13.6 Å². The van der Waals surface area contributed by atoms with Gasteiger partial charge in [0.25, 0.3) is 6.43 Å². The first-order valence-corrected chi connectivity index (χ1v) is 6.70. The number of carboxylic acids is 1. The summed E-state index contributed by atoms with van der Waals surface area (Å²) in [5, 5.41) is 17.3. The third-order valence-corrected chi connectivity index (χ3v) is 3.15. The summed E-state index contributed by atoms with van der Waals surface area (Å²) in [5.41, 5.74) is 0. The van der Waals surface area contributed by atoms with Gasteiger partial charge in [-0.15, -0.1) is 0 Å². The van der Waals surface area contributed by atoms with Crippen LogP contribution in [0.1, 0.15) is 12.8 Å². The lowest BCUT2D eigenvalue weighted by Gasteiger charge is -2.35. The van der Waals surface area contributed by atoms with Gasteiger partial charge in [-0.3, -0.25) is 0 Å². The van der Waals surface area contributed by atoms with Crippen LogP contribution < -0.4 is 0 Å². The van der Waals surface area contributed by atoms with Crippen molar-refractivity contribution < 1.29 is 33.3 Å². The SMILES string of the molecule is O=C(O)COC1CCN(C(=O)N(CCO)CC(F)F)CC1. The van der Waals surface area contributed by atoms with E-state index in [1.807, 2.05) is 0 Å². The van der Waals surface area contributed by atoms with E-state index in [1.54, 1.807) is 0 Å². The third kappa shape index (κ3) is 6.21. The fourth-order valence-corrected chi connectivity index (χ4v) is 2.16. The Hall–Kier alpha value is -1.48. The molecular weight excluding hydrogens is 290 g/mol. The molecule has 7 nitrogen and oxygen atoms in total. The van der Waals surface area contributed by atoms with Crippen molar-refractivity contribution in [2.24, 2.45) is 0 Å². The van der Waals surface area contributed by atoms with Crippen molar-refractivity contribution in [1.82, 2.24) is 9.80 Å². The molecule has 1 aliphatic heterocycles. The van der Waals surface area contributed by atoms with Crippen LogP contribution in [-0.4, -0.2) is 83.9 Å². The van der Waals surface area contributed by atoms with E-state index in [9.17, 15) is 18.4 Å². The van der Waals surface area contributed by atoms with Crippen LogP contribution in [0.2, 0.25) is 0 Å². The number of amides is 2. The first kappa shape index (κ1) is 17.6. The van der Waals surface area contributed by atoms with Gasteiger partial charge in [-0.05, 0) is 12.8 Å². The Bertz CT molecular complexity index is 349. The zero-order chi connectivity index (χ0) is 15.8. The number of aliphatic hydroxyl groups excluding tert-OH is 1. The number of carbonyl (C=O) groups excluding carboxylic acids is 1. The molecule has 0 saturated carbocycles. The van der Waals surface area contributed by atoms with Gasteiger partial charge in [0.05, 0.1) is 19.3 Å². The Kier molecular flexibility index (Phi) is 7.30. The fourth-order valence-electron chi connectivity index (χ4n) is 2.16. The molecule has 122 valence electrons. The van der Waals surface area contributed by atoms with Crippen molar-refractivity contribution in [3.8, 4) is 0 Å². The lowest BCUT2D eigenvalue weighted by molar-refractivity contribution is -0.145. The summed E-state index contributed by atoms with van der Waals surface area (Å²) in [6, 6.07) is -0.541. The highest BCUT2D eigenvalue weighted by atomic mass is 19.3. The predicted molar refractivity (Wildman–Crippen MR) is 68.2 cm³/mol. The molecule has 0 bridgehead atoms. The molecule has 0 aromatic carbocycles. The quantitative estimate of drug-likeness (QED) is 0.702. The lowest BCUT2D eigenvalue weighted by atomic mass is 10.1. The molecule has 0 aliphatic carbocycles. The minimum absolute atomic E-state index is 0.140. The molecule has 21 heavy (non-hydrogen) atoms. The average Bonchev–Trinajstić information content (AvgIpc) is 2.44. The molecule has 9 heteroatoms. The van der Waals surface area contributed by atoms with Crippen LogP contribution >= 0.6 is 0 Å². The third-order valence-electron chi connectivity index (χ3n) is 3.15. The number of piperidine rings is 1. The normalized spacial score (nSPS) is 16.3. The van der Waals surface area contributed by atoms with Gasteiger partial charge in [-0.1, -0.05) is 0 Å². The number of carboxylic acid groups (broad SMARTS) is 1. The zero-order valence-electron chi connectivity index (χ0n) is 11.6. The Morgan fingerprint density at radius 1 is 1.33 bits per heavy atom. The Morgan fingerprint density at radius 2 is 1.95 bits per heavy atom. The van der Waals surface area contributed by atoms with Crippen LogP contribution in [0.3, 0.4) is 0 Å². The van der Waals surface area contributed by atoms with Crippen molar-refractivity contribution in [2.75, 3.05) is 39.4 Å². The number of urea groups is 1. The molecule has 0 spiro atoms. The van der Waals surface area contributed by atoms with Crippen LogP contribution in [0.5, 0.6) is 0 Å². The molecule has 1 fully saturated rings. The van der Waals surface area contributed by atoms with E-state index < -0.39 is 25.0 Å². The molecule has 2 N–H and O–H groups in total. The van der Waals surface area contributed by atoms with Gasteiger partial charge in [-0.2, -0.15) is 0 Å².